The molecular formula is C14H21NO. The maximum absolute atomic E-state index is 10.1. The first-order valence-electron chi connectivity index (χ1n) is 5.72. The molecule has 0 aliphatic rings. The number of nitrogens with one attached hydrogen (secondary N) is 1. The minimum atomic E-state index is -0.378. The van der Waals surface area contributed by atoms with Crippen LogP contribution in [0.4, 0.5) is 0 Å². The number of aliphatic hydroxyl groups excluding tert-OH is 1. The highest BCUT2D eigenvalue weighted by Crippen LogP contribution is 2.21. The summed E-state index contributed by atoms with van der Waals surface area (Å²) in [5.74, 6) is 0. The van der Waals surface area contributed by atoms with Crippen molar-refractivity contribution < 1.29 is 5.11 Å². The topological polar surface area (TPSA) is 32.3 Å². The summed E-state index contributed by atoms with van der Waals surface area (Å²) < 4.78 is 0. The van der Waals surface area contributed by atoms with Gasteiger partial charge >= 0.3 is 0 Å². The summed E-state index contributed by atoms with van der Waals surface area (Å²) in [5.41, 5.74) is 3.39. The van der Waals surface area contributed by atoms with Gasteiger partial charge in [-0.2, -0.15) is 0 Å². The van der Waals surface area contributed by atoms with Crippen molar-refractivity contribution in [3.05, 3.63) is 47.5 Å². The summed E-state index contributed by atoms with van der Waals surface area (Å²) >= 11 is 0. The van der Waals surface area contributed by atoms with Crippen LogP contribution >= 0.6 is 0 Å². The molecule has 0 fully saturated rings. The maximum atomic E-state index is 10.1. The third-order valence-corrected chi connectivity index (χ3v) is 2.68. The van der Waals surface area contributed by atoms with Gasteiger partial charge in [-0.05, 0) is 37.9 Å². The van der Waals surface area contributed by atoms with Crippen molar-refractivity contribution in [2.75, 3.05) is 13.1 Å². The average Bonchev–Trinajstić information content (AvgIpc) is 2.27. The molecule has 1 rings (SSSR count). The van der Waals surface area contributed by atoms with Gasteiger partial charge in [0.05, 0.1) is 6.10 Å². The molecule has 0 aliphatic heterocycles. The molecule has 0 heterocycles. The number of benzene rings is 1. The molecule has 2 N–H and O–H groups in total. The van der Waals surface area contributed by atoms with Gasteiger partial charge in [0.2, 0.25) is 0 Å². The zero-order chi connectivity index (χ0) is 12.0. The molecule has 0 aliphatic carbocycles. The van der Waals surface area contributed by atoms with E-state index in [1.807, 2.05) is 19.9 Å². The van der Waals surface area contributed by atoms with Crippen LogP contribution < -0.4 is 5.32 Å². The lowest BCUT2D eigenvalue weighted by Gasteiger charge is -2.14. The Bertz CT molecular complexity index is 347. The third-order valence-electron chi connectivity index (χ3n) is 2.68. The molecule has 0 bridgehead atoms. The average molecular weight is 219 g/mol. The molecule has 88 valence electrons. The first-order valence-corrected chi connectivity index (χ1v) is 5.72. The van der Waals surface area contributed by atoms with Gasteiger partial charge < -0.3 is 10.4 Å². The van der Waals surface area contributed by atoms with E-state index in [2.05, 4.69) is 30.1 Å². The Morgan fingerprint density at radius 3 is 2.88 bits per heavy atom. The van der Waals surface area contributed by atoms with E-state index in [0.717, 1.165) is 30.6 Å². The lowest BCUT2D eigenvalue weighted by Crippen LogP contribution is -2.17. The van der Waals surface area contributed by atoms with Crippen molar-refractivity contribution in [1.29, 1.82) is 0 Å². The molecule has 0 spiro atoms. The molecular weight excluding hydrogens is 198 g/mol. The van der Waals surface area contributed by atoms with Crippen LogP contribution in [-0.4, -0.2) is 18.2 Å². The Kier molecular flexibility index (Phi) is 5.23. The lowest BCUT2D eigenvalue weighted by molar-refractivity contribution is 0.166. The largest absolute Gasteiger partial charge is 0.388 e. The number of hydrogen-bond donors (Lipinski definition) is 2. The standard InChI is InChI=1S/C14H21NO/c1-4-8-15-9-7-14(16)13-10-11(2)5-6-12(13)3/h4-6,10,14-16H,1,7-9H2,2-3H3. The van der Waals surface area contributed by atoms with Crippen LogP contribution in [0.2, 0.25) is 0 Å². The van der Waals surface area contributed by atoms with Gasteiger partial charge in [0.15, 0.2) is 0 Å². The second-order valence-corrected chi connectivity index (χ2v) is 4.16. The molecule has 16 heavy (non-hydrogen) atoms. The van der Waals surface area contributed by atoms with E-state index in [1.165, 1.54) is 5.56 Å². The Hall–Kier alpha value is -1.12. The SMILES string of the molecule is C=CCNCCC(O)c1cc(C)ccc1C. The Morgan fingerprint density at radius 1 is 1.44 bits per heavy atom. The highest BCUT2D eigenvalue weighted by Gasteiger charge is 2.09. The molecule has 0 radical (unpaired) electrons. The monoisotopic (exact) mass is 219 g/mol. The minimum absolute atomic E-state index is 0.378. The number of aliphatic hydroxyl groups is 1. The molecule has 1 aromatic rings. The summed E-state index contributed by atoms with van der Waals surface area (Å²) in [5, 5.41) is 13.3. The molecule has 2 nitrogen and oxygen atoms in total. The highest BCUT2D eigenvalue weighted by molar-refractivity contribution is 5.32. The fourth-order valence-corrected chi connectivity index (χ4v) is 1.72. The summed E-state index contributed by atoms with van der Waals surface area (Å²) in [6.07, 6.45) is 2.18. The van der Waals surface area contributed by atoms with Crippen LogP contribution in [0, 0.1) is 13.8 Å². The quantitative estimate of drug-likeness (QED) is 0.569. The molecule has 1 unspecified atom stereocenters. The van der Waals surface area contributed by atoms with Gasteiger partial charge in [-0.3, -0.25) is 0 Å². The smallest absolute Gasteiger partial charge is 0.0804 e. The van der Waals surface area contributed by atoms with E-state index >= 15 is 0 Å². The first-order chi connectivity index (χ1) is 7.65. The lowest BCUT2D eigenvalue weighted by atomic mass is 9.99. The highest BCUT2D eigenvalue weighted by atomic mass is 16.3. The molecule has 1 atom stereocenters. The Labute approximate surface area is 98.0 Å². The van der Waals surface area contributed by atoms with Crippen LogP contribution in [0.5, 0.6) is 0 Å². The number of rotatable bonds is 6. The molecule has 0 amide bonds. The summed E-state index contributed by atoms with van der Waals surface area (Å²) in [7, 11) is 0. The van der Waals surface area contributed by atoms with Gasteiger partial charge in [0.1, 0.15) is 0 Å². The fourth-order valence-electron chi connectivity index (χ4n) is 1.72. The second kappa shape index (κ2) is 6.46. The predicted molar refractivity (Wildman–Crippen MR) is 68.6 cm³/mol. The molecule has 2 heteroatoms. The zero-order valence-corrected chi connectivity index (χ0v) is 10.2. The summed E-state index contributed by atoms with van der Waals surface area (Å²) in [6, 6.07) is 6.19. The van der Waals surface area contributed by atoms with E-state index in [4.69, 9.17) is 0 Å². The van der Waals surface area contributed by atoms with E-state index < -0.39 is 0 Å². The number of aryl methyl sites for hydroxylation is 2. The van der Waals surface area contributed by atoms with Gasteiger partial charge in [-0.25, -0.2) is 0 Å². The van der Waals surface area contributed by atoms with E-state index in [9.17, 15) is 5.11 Å². The fraction of sp³-hybridized carbons (Fsp3) is 0.429. The summed E-state index contributed by atoms with van der Waals surface area (Å²) in [4.78, 5) is 0. The van der Waals surface area contributed by atoms with E-state index in [1.54, 1.807) is 0 Å². The molecule has 0 saturated carbocycles. The van der Waals surface area contributed by atoms with Gasteiger partial charge in [-0.1, -0.05) is 29.8 Å². The van der Waals surface area contributed by atoms with Gasteiger partial charge in [0, 0.05) is 6.54 Å². The van der Waals surface area contributed by atoms with Crippen molar-refractivity contribution in [2.45, 2.75) is 26.4 Å². The third kappa shape index (κ3) is 3.80. The normalized spacial score (nSPS) is 12.4. The molecule has 0 aromatic heterocycles. The second-order valence-electron chi connectivity index (χ2n) is 4.16. The van der Waals surface area contributed by atoms with Crippen molar-refractivity contribution >= 4 is 0 Å². The van der Waals surface area contributed by atoms with Crippen LogP contribution in [0.25, 0.3) is 0 Å². The van der Waals surface area contributed by atoms with Crippen molar-refractivity contribution in [2.24, 2.45) is 0 Å². The van der Waals surface area contributed by atoms with Crippen LogP contribution in [-0.2, 0) is 0 Å². The minimum Gasteiger partial charge on any atom is -0.388 e. The summed E-state index contributed by atoms with van der Waals surface area (Å²) in [6.45, 7) is 9.32. The van der Waals surface area contributed by atoms with Crippen molar-refractivity contribution in [1.82, 2.24) is 5.32 Å². The predicted octanol–water partition coefficient (Wildman–Crippen LogP) is 2.50. The Morgan fingerprint density at radius 2 is 2.19 bits per heavy atom. The zero-order valence-electron chi connectivity index (χ0n) is 10.2. The van der Waals surface area contributed by atoms with Gasteiger partial charge in [-0.15, -0.1) is 6.58 Å². The number of hydrogen-bond acceptors (Lipinski definition) is 2. The van der Waals surface area contributed by atoms with Crippen molar-refractivity contribution in [3.8, 4) is 0 Å². The van der Waals surface area contributed by atoms with Crippen LogP contribution in [0.15, 0.2) is 30.9 Å². The van der Waals surface area contributed by atoms with Crippen molar-refractivity contribution in [3.63, 3.8) is 0 Å². The van der Waals surface area contributed by atoms with Crippen LogP contribution in [0.3, 0.4) is 0 Å². The van der Waals surface area contributed by atoms with Gasteiger partial charge in [0.25, 0.3) is 0 Å². The van der Waals surface area contributed by atoms with E-state index in [-0.39, 0.29) is 6.10 Å². The molecule has 1 aromatic carbocycles. The molecule has 0 saturated heterocycles. The first kappa shape index (κ1) is 12.9. The Balaban J connectivity index is 2.54. The van der Waals surface area contributed by atoms with Crippen LogP contribution in [0.1, 0.15) is 29.2 Å². The maximum Gasteiger partial charge on any atom is 0.0804 e. The van der Waals surface area contributed by atoms with E-state index in [0.29, 0.717) is 0 Å².